The van der Waals surface area contributed by atoms with Gasteiger partial charge in [0.2, 0.25) is 6.08 Å². The van der Waals surface area contributed by atoms with Crippen LogP contribution in [0.5, 0.6) is 0 Å². The fraction of sp³-hybridized carbons (Fsp3) is 0. The van der Waals surface area contributed by atoms with Gasteiger partial charge < -0.3 is 0 Å². The summed E-state index contributed by atoms with van der Waals surface area (Å²) in [5.74, 6) is 0. The Bertz CT molecular complexity index is 684. The van der Waals surface area contributed by atoms with Gasteiger partial charge in [-0.3, -0.25) is 0 Å². The van der Waals surface area contributed by atoms with Crippen LogP contribution in [0, 0.1) is 5.41 Å². The van der Waals surface area contributed by atoms with Gasteiger partial charge in [-0.2, -0.15) is 0 Å². The minimum Gasteiger partial charge on any atom is -0.222 e. The van der Waals surface area contributed by atoms with E-state index < -0.39 is 0 Å². The Kier molecular flexibility index (Phi) is 5.01. The van der Waals surface area contributed by atoms with Crippen molar-refractivity contribution in [3.8, 4) is 21.6 Å². The van der Waals surface area contributed by atoms with Crippen LogP contribution in [0.4, 0.5) is 0 Å². The van der Waals surface area contributed by atoms with E-state index in [1.165, 1.54) is 21.6 Å². The molecule has 0 bridgehead atoms. The first kappa shape index (κ1) is 13.9. The number of benzene rings is 2. The second-order valence-corrected chi connectivity index (χ2v) is 4.94. The van der Waals surface area contributed by atoms with Crippen molar-refractivity contribution in [3.63, 3.8) is 0 Å². The average molecular weight is 279 g/mol. The first-order valence-electron chi connectivity index (χ1n) is 6.09. The number of hydrogen-bond donors (Lipinski definition) is 1. The van der Waals surface area contributed by atoms with Gasteiger partial charge in [0, 0.05) is 4.88 Å². The maximum absolute atomic E-state index is 8.35. The van der Waals surface area contributed by atoms with E-state index in [1.807, 2.05) is 0 Å². The van der Waals surface area contributed by atoms with Crippen molar-refractivity contribution in [2.45, 2.75) is 0 Å². The summed E-state index contributed by atoms with van der Waals surface area (Å²) in [5, 5.41) is 7.52. The summed E-state index contributed by atoms with van der Waals surface area (Å²) in [6.07, 6.45) is 0.750. The molecule has 1 N–H and O–H groups in total. The zero-order valence-electron chi connectivity index (χ0n) is 10.7. The summed E-state index contributed by atoms with van der Waals surface area (Å²) in [6.45, 7) is 0. The largest absolute Gasteiger partial charge is 0.231 e. The van der Waals surface area contributed by atoms with Crippen molar-refractivity contribution in [1.29, 1.82) is 5.41 Å². The molecule has 0 aliphatic carbocycles. The maximum atomic E-state index is 8.35. The predicted octanol–water partition coefficient (Wildman–Crippen LogP) is 4.98. The van der Waals surface area contributed by atoms with Crippen molar-refractivity contribution in [2.24, 2.45) is 0 Å². The van der Waals surface area contributed by atoms with E-state index in [0.717, 1.165) is 6.08 Å². The molecule has 3 rings (SSSR count). The number of nitrogens with one attached hydrogen (secondary N) is 1. The fourth-order valence-corrected chi connectivity index (χ4v) is 2.77. The molecule has 2 aromatic carbocycles. The van der Waals surface area contributed by atoms with E-state index in [0.29, 0.717) is 0 Å². The van der Waals surface area contributed by atoms with Gasteiger partial charge in [-0.1, -0.05) is 60.7 Å². The Morgan fingerprint density at radius 1 is 0.800 bits per heavy atom. The van der Waals surface area contributed by atoms with Crippen LogP contribution in [0.1, 0.15) is 0 Å². The summed E-state index contributed by atoms with van der Waals surface area (Å²) in [5.41, 5.74) is 3.89. The van der Waals surface area contributed by atoms with Gasteiger partial charge in [0.25, 0.3) is 0 Å². The molecule has 3 heteroatoms. The zero-order chi connectivity index (χ0) is 14.2. The Morgan fingerprint density at radius 2 is 1.40 bits per heavy atom. The quantitative estimate of drug-likeness (QED) is 0.521. The lowest BCUT2D eigenvalue weighted by atomic mass is 9.99. The molecule has 0 radical (unpaired) electrons. The van der Waals surface area contributed by atoms with Gasteiger partial charge in [-0.15, -0.1) is 11.3 Å². The molecular weight excluding hydrogens is 266 g/mol. The minimum atomic E-state index is 0.750. The highest BCUT2D eigenvalue weighted by Crippen LogP contribution is 2.34. The highest BCUT2D eigenvalue weighted by Gasteiger charge is 2.06. The van der Waals surface area contributed by atoms with E-state index >= 15 is 0 Å². The third-order valence-corrected chi connectivity index (χ3v) is 3.70. The van der Waals surface area contributed by atoms with Crippen molar-refractivity contribution < 1.29 is 4.79 Å². The van der Waals surface area contributed by atoms with Crippen LogP contribution in [-0.4, -0.2) is 6.08 Å². The second kappa shape index (κ2) is 7.19. The lowest BCUT2D eigenvalue weighted by Crippen LogP contribution is -1.81. The van der Waals surface area contributed by atoms with Gasteiger partial charge >= 0.3 is 0 Å². The van der Waals surface area contributed by atoms with Crippen molar-refractivity contribution in [2.75, 3.05) is 0 Å². The monoisotopic (exact) mass is 279 g/mol. The average Bonchev–Trinajstić information content (AvgIpc) is 3.03. The molecule has 0 atom stereocenters. The van der Waals surface area contributed by atoms with E-state index in [4.69, 9.17) is 10.2 Å². The lowest BCUT2D eigenvalue weighted by Gasteiger charge is -2.07. The molecule has 1 aromatic heterocycles. The molecular formula is C17H13NOS. The molecule has 0 fully saturated rings. The third-order valence-electron chi connectivity index (χ3n) is 2.80. The summed E-state index contributed by atoms with van der Waals surface area (Å²) in [6, 6.07) is 23.4. The summed E-state index contributed by atoms with van der Waals surface area (Å²) in [4.78, 5) is 9.67. The van der Waals surface area contributed by atoms with Crippen LogP contribution in [0.3, 0.4) is 0 Å². The molecule has 98 valence electrons. The van der Waals surface area contributed by atoms with E-state index in [9.17, 15) is 0 Å². The van der Waals surface area contributed by atoms with Crippen LogP contribution in [0.25, 0.3) is 21.6 Å². The van der Waals surface area contributed by atoms with Crippen molar-refractivity contribution in [3.05, 3.63) is 72.1 Å². The predicted molar refractivity (Wildman–Crippen MR) is 83.6 cm³/mol. The van der Waals surface area contributed by atoms with Crippen LogP contribution in [-0.2, 0) is 4.79 Å². The van der Waals surface area contributed by atoms with Crippen LogP contribution in [0.2, 0.25) is 0 Å². The smallest absolute Gasteiger partial charge is 0.222 e. The van der Waals surface area contributed by atoms with E-state index in [1.54, 1.807) is 11.3 Å². The zero-order valence-corrected chi connectivity index (χ0v) is 11.6. The molecule has 3 aromatic rings. The number of thiophene rings is 1. The number of rotatable bonds is 2. The first-order chi connectivity index (χ1) is 9.86. The highest BCUT2D eigenvalue weighted by atomic mass is 32.1. The van der Waals surface area contributed by atoms with E-state index in [2.05, 4.69) is 72.1 Å². The van der Waals surface area contributed by atoms with Crippen LogP contribution in [0.15, 0.2) is 72.1 Å². The van der Waals surface area contributed by atoms with E-state index in [-0.39, 0.29) is 0 Å². The minimum absolute atomic E-state index is 0.750. The molecule has 0 aliphatic heterocycles. The Balaban J connectivity index is 0.000000452. The molecule has 1 heterocycles. The number of isocyanates is 1. The fourth-order valence-electron chi connectivity index (χ4n) is 2.00. The molecule has 0 aliphatic rings. The molecule has 0 saturated heterocycles. The van der Waals surface area contributed by atoms with Gasteiger partial charge in [-0.25, -0.2) is 10.2 Å². The van der Waals surface area contributed by atoms with Crippen LogP contribution >= 0.6 is 11.3 Å². The van der Waals surface area contributed by atoms with Crippen molar-refractivity contribution >= 4 is 17.4 Å². The third kappa shape index (κ3) is 3.29. The molecule has 0 spiro atoms. The highest BCUT2D eigenvalue weighted by molar-refractivity contribution is 7.13. The molecule has 2 nitrogen and oxygen atoms in total. The van der Waals surface area contributed by atoms with Gasteiger partial charge in [-0.05, 0) is 28.1 Å². The number of carbonyl (C=O) groups excluding carboxylic acids is 1. The summed E-state index contributed by atoms with van der Waals surface area (Å²) in [7, 11) is 0. The van der Waals surface area contributed by atoms with Crippen molar-refractivity contribution in [1.82, 2.24) is 0 Å². The molecule has 0 amide bonds. The second-order valence-electron chi connectivity index (χ2n) is 3.99. The number of hydrogen-bond acceptors (Lipinski definition) is 3. The first-order valence-corrected chi connectivity index (χ1v) is 6.97. The Morgan fingerprint density at radius 3 is 2.00 bits per heavy atom. The standard InChI is InChI=1S/C16H12S.CHNO/c1-2-7-13(8-3-1)14-9-4-5-10-15(14)16-11-6-12-17-16;2-1-3/h1-12H;2H. The topological polar surface area (TPSA) is 40.9 Å². The molecule has 0 unspecified atom stereocenters. The Labute approximate surface area is 121 Å². The normalized spacial score (nSPS) is 9.20. The van der Waals surface area contributed by atoms with Gasteiger partial charge in [0.1, 0.15) is 0 Å². The van der Waals surface area contributed by atoms with Gasteiger partial charge in [0.05, 0.1) is 0 Å². The Hall–Kier alpha value is -2.48. The maximum Gasteiger partial charge on any atom is 0.231 e. The summed E-state index contributed by atoms with van der Waals surface area (Å²) < 4.78 is 0. The van der Waals surface area contributed by atoms with Gasteiger partial charge in [0.15, 0.2) is 0 Å². The lowest BCUT2D eigenvalue weighted by molar-refractivity contribution is 0.563. The molecule has 0 saturated carbocycles. The SMILES string of the molecule is N=C=O.c1ccc(-c2ccccc2-c2cccs2)cc1. The molecule has 20 heavy (non-hydrogen) atoms. The summed E-state index contributed by atoms with van der Waals surface area (Å²) >= 11 is 1.78. The van der Waals surface area contributed by atoms with Crippen LogP contribution < -0.4 is 0 Å².